The van der Waals surface area contributed by atoms with Crippen molar-refractivity contribution in [1.29, 1.82) is 0 Å². The highest BCUT2D eigenvalue weighted by atomic mass is 32.2. The minimum absolute atomic E-state index is 0.310. The zero-order valence-electron chi connectivity index (χ0n) is 13.2. The minimum atomic E-state index is 0.310. The predicted octanol–water partition coefficient (Wildman–Crippen LogP) is 4.67. The number of hydrogen-bond donors (Lipinski definition) is 0. The summed E-state index contributed by atoms with van der Waals surface area (Å²) in [6, 6.07) is 20.5. The van der Waals surface area contributed by atoms with Crippen LogP contribution >= 0.6 is 11.8 Å². The van der Waals surface area contributed by atoms with Crippen LogP contribution in [0.15, 0.2) is 78.2 Å². The lowest BCUT2D eigenvalue weighted by atomic mass is 10.2. The predicted molar refractivity (Wildman–Crippen MR) is 97.4 cm³/mol. The van der Waals surface area contributed by atoms with Crippen molar-refractivity contribution in [3.05, 3.63) is 78.8 Å². The van der Waals surface area contributed by atoms with Gasteiger partial charge in [-0.15, -0.1) is 0 Å². The summed E-state index contributed by atoms with van der Waals surface area (Å²) in [6.07, 6.45) is 3.46. The number of hydrogen-bond acceptors (Lipinski definition) is 4. The van der Waals surface area contributed by atoms with E-state index in [2.05, 4.69) is 46.3 Å². The van der Waals surface area contributed by atoms with Crippen molar-refractivity contribution in [2.45, 2.75) is 17.2 Å². The van der Waals surface area contributed by atoms with Crippen molar-refractivity contribution in [2.75, 3.05) is 0 Å². The summed E-state index contributed by atoms with van der Waals surface area (Å²) in [5, 5.41) is 6.75. The van der Waals surface area contributed by atoms with Crippen molar-refractivity contribution in [3.63, 3.8) is 0 Å². The van der Waals surface area contributed by atoms with Gasteiger partial charge in [0.1, 0.15) is 11.4 Å². The molecule has 118 valence electrons. The Hall–Kier alpha value is -2.66. The van der Waals surface area contributed by atoms with Gasteiger partial charge in [0.25, 0.3) is 0 Å². The maximum Gasteiger partial charge on any atom is 0.167 e. The van der Waals surface area contributed by atoms with Crippen molar-refractivity contribution < 1.29 is 0 Å². The fourth-order valence-corrected chi connectivity index (χ4v) is 3.64. The monoisotopic (exact) mass is 332 g/mol. The molecule has 0 aliphatic carbocycles. The first kappa shape index (κ1) is 14.9. The first-order valence-corrected chi connectivity index (χ1v) is 8.66. The van der Waals surface area contributed by atoms with Crippen molar-refractivity contribution in [2.24, 2.45) is 0 Å². The molecule has 0 bridgehead atoms. The Kier molecular flexibility index (Phi) is 4.01. The van der Waals surface area contributed by atoms with E-state index in [0.29, 0.717) is 5.25 Å². The highest BCUT2D eigenvalue weighted by Crippen LogP contribution is 2.36. The van der Waals surface area contributed by atoms with Gasteiger partial charge in [-0.1, -0.05) is 60.3 Å². The molecule has 0 spiro atoms. The van der Waals surface area contributed by atoms with Crippen molar-refractivity contribution >= 4 is 22.8 Å². The normalized spacial score (nSPS) is 12.4. The van der Waals surface area contributed by atoms with Gasteiger partial charge in [-0.05, 0) is 24.6 Å². The van der Waals surface area contributed by atoms with E-state index in [1.165, 1.54) is 5.56 Å². The van der Waals surface area contributed by atoms with Crippen LogP contribution in [-0.2, 0) is 0 Å². The number of benzene rings is 2. The lowest BCUT2D eigenvalue weighted by Gasteiger charge is -2.11. The van der Waals surface area contributed by atoms with E-state index in [4.69, 9.17) is 0 Å². The van der Waals surface area contributed by atoms with E-state index in [1.54, 1.807) is 18.1 Å². The number of aromatic nitrogens is 4. The molecule has 4 rings (SSSR count). The summed E-state index contributed by atoms with van der Waals surface area (Å²) >= 11 is 1.73. The van der Waals surface area contributed by atoms with Crippen LogP contribution in [0.2, 0.25) is 0 Å². The summed E-state index contributed by atoms with van der Waals surface area (Å²) < 4.78 is 1.86. The Bertz CT molecular complexity index is 951. The molecule has 0 aliphatic heterocycles. The average Bonchev–Trinajstić information content (AvgIpc) is 3.08. The van der Waals surface area contributed by atoms with Gasteiger partial charge >= 0.3 is 0 Å². The van der Waals surface area contributed by atoms with Crippen molar-refractivity contribution in [1.82, 2.24) is 19.7 Å². The topological polar surface area (TPSA) is 43.6 Å². The molecule has 24 heavy (non-hydrogen) atoms. The fourth-order valence-electron chi connectivity index (χ4n) is 2.63. The van der Waals surface area contributed by atoms with E-state index in [0.717, 1.165) is 21.7 Å². The maximum atomic E-state index is 4.51. The first-order chi connectivity index (χ1) is 11.8. The second kappa shape index (κ2) is 6.45. The number of para-hydroxylation sites is 1. The smallest absolute Gasteiger partial charge is 0.167 e. The molecule has 2 heterocycles. The van der Waals surface area contributed by atoms with Crippen LogP contribution in [0, 0.1) is 0 Å². The standard InChI is InChI=1S/C19H16N4S/c1-14(15-8-4-2-5-9-15)24-19-17-12-22-23(18(17)20-13-21-19)16-10-6-3-7-11-16/h2-14H,1H3. The van der Waals surface area contributed by atoms with Crippen LogP contribution in [0.5, 0.6) is 0 Å². The lowest BCUT2D eigenvalue weighted by Crippen LogP contribution is -1.98. The van der Waals surface area contributed by atoms with Gasteiger partial charge in [0, 0.05) is 5.25 Å². The zero-order valence-corrected chi connectivity index (χ0v) is 14.0. The summed E-state index contributed by atoms with van der Waals surface area (Å²) in [6.45, 7) is 2.19. The fraction of sp³-hybridized carbons (Fsp3) is 0.105. The Balaban J connectivity index is 1.71. The molecule has 2 aromatic heterocycles. The van der Waals surface area contributed by atoms with Crippen LogP contribution < -0.4 is 0 Å². The Morgan fingerprint density at radius 1 is 0.917 bits per heavy atom. The van der Waals surface area contributed by atoms with Gasteiger partial charge in [0.2, 0.25) is 0 Å². The maximum absolute atomic E-state index is 4.51. The third-order valence-corrected chi connectivity index (χ3v) is 5.06. The number of fused-ring (bicyclic) bond motifs is 1. The quantitative estimate of drug-likeness (QED) is 0.402. The largest absolute Gasteiger partial charge is 0.229 e. The van der Waals surface area contributed by atoms with Crippen molar-refractivity contribution in [3.8, 4) is 5.69 Å². The van der Waals surface area contributed by atoms with E-state index < -0.39 is 0 Å². The van der Waals surface area contributed by atoms with Crippen LogP contribution in [0.1, 0.15) is 17.7 Å². The molecule has 0 saturated heterocycles. The molecular formula is C19H16N4S. The molecule has 0 fully saturated rings. The van der Waals surface area contributed by atoms with Gasteiger partial charge in [-0.3, -0.25) is 0 Å². The molecule has 0 N–H and O–H groups in total. The first-order valence-electron chi connectivity index (χ1n) is 7.78. The highest BCUT2D eigenvalue weighted by molar-refractivity contribution is 7.99. The highest BCUT2D eigenvalue weighted by Gasteiger charge is 2.14. The average molecular weight is 332 g/mol. The molecule has 2 aromatic carbocycles. The van der Waals surface area contributed by atoms with Crippen LogP contribution in [0.3, 0.4) is 0 Å². The van der Waals surface area contributed by atoms with E-state index in [9.17, 15) is 0 Å². The summed E-state index contributed by atoms with van der Waals surface area (Å²) in [7, 11) is 0. The Morgan fingerprint density at radius 3 is 2.38 bits per heavy atom. The molecule has 0 aliphatic rings. The van der Waals surface area contributed by atoms with Gasteiger partial charge in [0.05, 0.1) is 17.3 Å². The SMILES string of the molecule is CC(Sc1ncnc2c1cnn2-c1ccccc1)c1ccccc1. The van der Waals surface area contributed by atoms with Gasteiger partial charge in [0.15, 0.2) is 5.65 Å². The van der Waals surface area contributed by atoms with E-state index >= 15 is 0 Å². The third kappa shape index (κ3) is 2.78. The summed E-state index contributed by atoms with van der Waals surface area (Å²) in [5.41, 5.74) is 3.11. The van der Waals surface area contributed by atoms with E-state index in [1.807, 2.05) is 47.3 Å². The molecule has 0 radical (unpaired) electrons. The van der Waals surface area contributed by atoms with Gasteiger partial charge in [-0.25, -0.2) is 14.6 Å². The molecule has 1 unspecified atom stereocenters. The lowest BCUT2D eigenvalue weighted by molar-refractivity contribution is 0.893. The second-order valence-electron chi connectivity index (χ2n) is 5.48. The Morgan fingerprint density at radius 2 is 1.62 bits per heavy atom. The molecule has 4 aromatic rings. The van der Waals surface area contributed by atoms with E-state index in [-0.39, 0.29) is 0 Å². The van der Waals surface area contributed by atoms with Gasteiger partial charge in [-0.2, -0.15) is 5.10 Å². The molecule has 0 saturated carbocycles. The van der Waals surface area contributed by atoms with Gasteiger partial charge < -0.3 is 0 Å². The molecule has 5 heteroatoms. The second-order valence-corrected chi connectivity index (χ2v) is 6.81. The molecule has 4 nitrogen and oxygen atoms in total. The summed E-state index contributed by atoms with van der Waals surface area (Å²) in [4.78, 5) is 8.91. The van der Waals surface area contributed by atoms with Crippen LogP contribution in [0.4, 0.5) is 0 Å². The van der Waals surface area contributed by atoms with Crippen LogP contribution in [0.25, 0.3) is 16.7 Å². The number of nitrogens with zero attached hydrogens (tertiary/aromatic N) is 4. The third-order valence-electron chi connectivity index (χ3n) is 3.89. The number of thioether (sulfide) groups is 1. The molecule has 0 amide bonds. The number of rotatable bonds is 4. The molecular weight excluding hydrogens is 316 g/mol. The summed E-state index contributed by atoms with van der Waals surface area (Å²) in [5.74, 6) is 0. The molecule has 1 atom stereocenters. The van der Waals surface area contributed by atoms with Crippen LogP contribution in [-0.4, -0.2) is 19.7 Å². The minimum Gasteiger partial charge on any atom is -0.229 e. The Labute approximate surface area is 144 Å². The zero-order chi connectivity index (χ0) is 16.4.